The van der Waals surface area contributed by atoms with Gasteiger partial charge in [-0.2, -0.15) is 0 Å². The molecule has 2 aromatic heterocycles. The monoisotopic (exact) mass is 471 g/mol. The zero-order chi connectivity index (χ0) is 24.6. The quantitative estimate of drug-likeness (QED) is 0.368. The molecule has 2 amide bonds. The number of carbonyl (C=O) groups excluding carboxylic acids is 2. The van der Waals surface area contributed by atoms with Crippen LogP contribution in [0.4, 0.5) is 5.69 Å². The number of hydrogen-bond acceptors (Lipinski definition) is 5. The Labute approximate surface area is 204 Å². The van der Waals surface area contributed by atoms with Gasteiger partial charge < -0.3 is 19.9 Å². The first-order valence-electron chi connectivity index (χ1n) is 11.5. The van der Waals surface area contributed by atoms with Gasteiger partial charge in [-0.1, -0.05) is 36.4 Å². The Balaban J connectivity index is 1.62. The van der Waals surface area contributed by atoms with Gasteiger partial charge in [-0.15, -0.1) is 0 Å². The number of nitrogens with zero attached hydrogens (tertiary/aromatic N) is 3. The van der Waals surface area contributed by atoms with Gasteiger partial charge in [-0.25, -0.2) is 4.98 Å². The van der Waals surface area contributed by atoms with Crippen LogP contribution >= 0.6 is 0 Å². The molecule has 8 nitrogen and oxygen atoms in total. The molecule has 4 rings (SSSR count). The fourth-order valence-corrected chi connectivity index (χ4v) is 4.07. The number of amides is 2. The van der Waals surface area contributed by atoms with Gasteiger partial charge in [0.2, 0.25) is 5.91 Å². The normalized spacial score (nSPS) is 11.8. The number of benzene rings is 2. The molecule has 0 radical (unpaired) electrons. The van der Waals surface area contributed by atoms with Crippen LogP contribution in [-0.4, -0.2) is 46.1 Å². The molecule has 2 N–H and O–H groups in total. The molecule has 0 saturated carbocycles. The van der Waals surface area contributed by atoms with Crippen LogP contribution < -0.4 is 10.6 Å². The average molecular weight is 472 g/mol. The highest BCUT2D eigenvalue weighted by Crippen LogP contribution is 2.24. The Morgan fingerprint density at radius 1 is 1.09 bits per heavy atom. The van der Waals surface area contributed by atoms with Crippen molar-refractivity contribution in [2.24, 2.45) is 0 Å². The lowest BCUT2D eigenvalue weighted by molar-refractivity contribution is -0.119. The smallest absolute Gasteiger partial charge is 0.253 e. The standard InChI is InChI=1S/C27H29N5O3/c1-19(13-21-9-6-11-28-16-21)30-27(34)23-14-22(31-25(33)17-35-2)15-24-26(23)32(18-29-24)12-10-20-7-4-3-5-8-20/h3-9,11,14-16,18-19H,10,12-13,17H2,1-2H3,(H,30,34)(H,31,33). The van der Waals surface area contributed by atoms with Crippen molar-refractivity contribution in [2.75, 3.05) is 19.0 Å². The van der Waals surface area contributed by atoms with E-state index in [0.29, 0.717) is 29.7 Å². The predicted molar refractivity (Wildman–Crippen MR) is 135 cm³/mol. The fraction of sp³-hybridized carbons (Fsp3) is 0.259. The number of fused-ring (bicyclic) bond motifs is 1. The maximum Gasteiger partial charge on any atom is 0.253 e. The average Bonchev–Trinajstić information content (AvgIpc) is 3.26. The van der Waals surface area contributed by atoms with E-state index in [9.17, 15) is 9.59 Å². The molecule has 2 heterocycles. The van der Waals surface area contributed by atoms with Crippen LogP contribution in [0.5, 0.6) is 0 Å². The first-order chi connectivity index (χ1) is 17.0. The molecular formula is C27H29N5O3. The van der Waals surface area contributed by atoms with Gasteiger partial charge in [0, 0.05) is 37.8 Å². The lowest BCUT2D eigenvalue weighted by atomic mass is 10.1. The number of anilines is 1. The van der Waals surface area contributed by atoms with Crippen LogP contribution in [0, 0.1) is 0 Å². The number of ether oxygens (including phenoxy) is 1. The Kier molecular flexibility index (Phi) is 7.84. The number of nitrogens with one attached hydrogen (secondary N) is 2. The van der Waals surface area contributed by atoms with E-state index in [2.05, 4.69) is 32.7 Å². The topological polar surface area (TPSA) is 98.1 Å². The van der Waals surface area contributed by atoms with Gasteiger partial charge in [-0.3, -0.25) is 14.6 Å². The fourth-order valence-electron chi connectivity index (χ4n) is 4.07. The summed E-state index contributed by atoms with van der Waals surface area (Å²) in [6.45, 7) is 2.55. The molecule has 180 valence electrons. The third-order valence-electron chi connectivity index (χ3n) is 5.64. The third kappa shape index (κ3) is 6.30. The molecule has 4 aromatic rings. The molecule has 0 aliphatic rings. The highest BCUT2D eigenvalue weighted by atomic mass is 16.5. The van der Waals surface area contributed by atoms with Crippen molar-refractivity contribution in [1.82, 2.24) is 19.9 Å². The van der Waals surface area contributed by atoms with Gasteiger partial charge in [0.1, 0.15) is 6.61 Å². The van der Waals surface area contributed by atoms with E-state index in [-0.39, 0.29) is 24.5 Å². The second kappa shape index (κ2) is 11.4. The first kappa shape index (κ1) is 24.1. The molecule has 0 saturated heterocycles. The number of rotatable bonds is 10. The first-order valence-corrected chi connectivity index (χ1v) is 11.5. The zero-order valence-electron chi connectivity index (χ0n) is 19.9. The van der Waals surface area contributed by atoms with Crippen molar-refractivity contribution in [3.05, 3.63) is 90.0 Å². The van der Waals surface area contributed by atoms with E-state index in [0.717, 1.165) is 17.5 Å². The van der Waals surface area contributed by atoms with Gasteiger partial charge in [0.15, 0.2) is 0 Å². The zero-order valence-corrected chi connectivity index (χ0v) is 19.9. The molecule has 1 unspecified atom stereocenters. The second-order valence-electron chi connectivity index (χ2n) is 8.49. The lowest BCUT2D eigenvalue weighted by Gasteiger charge is -2.16. The number of carbonyl (C=O) groups is 2. The summed E-state index contributed by atoms with van der Waals surface area (Å²) >= 11 is 0. The van der Waals surface area contributed by atoms with E-state index in [4.69, 9.17) is 4.74 Å². The maximum atomic E-state index is 13.4. The van der Waals surface area contributed by atoms with Crippen LogP contribution in [0.25, 0.3) is 11.0 Å². The van der Waals surface area contributed by atoms with Crippen molar-refractivity contribution in [2.45, 2.75) is 32.4 Å². The number of imidazole rings is 1. The number of methoxy groups -OCH3 is 1. The summed E-state index contributed by atoms with van der Waals surface area (Å²) in [7, 11) is 1.46. The minimum absolute atomic E-state index is 0.0762. The summed E-state index contributed by atoms with van der Waals surface area (Å²) in [6.07, 6.45) is 6.72. The second-order valence-corrected chi connectivity index (χ2v) is 8.49. The molecule has 0 spiro atoms. The van der Waals surface area contributed by atoms with E-state index in [1.165, 1.54) is 12.7 Å². The van der Waals surface area contributed by atoms with E-state index in [1.807, 2.05) is 41.8 Å². The van der Waals surface area contributed by atoms with Gasteiger partial charge in [0.05, 0.1) is 22.9 Å². The SMILES string of the molecule is COCC(=O)Nc1cc(C(=O)NC(C)Cc2cccnc2)c2c(c1)ncn2CCc1ccccc1. The molecular weight excluding hydrogens is 442 g/mol. The molecule has 0 fully saturated rings. The largest absolute Gasteiger partial charge is 0.375 e. The van der Waals surface area contributed by atoms with Crippen molar-refractivity contribution in [3.8, 4) is 0 Å². The summed E-state index contributed by atoms with van der Waals surface area (Å²) in [5.74, 6) is -0.526. The molecule has 0 aliphatic carbocycles. The highest BCUT2D eigenvalue weighted by Gasteiger charge is 2.19. The van der Waals surface area contributed by atoms with Crippen LogP contribution in [-0.2, 0) is 28.9 Å². The maximum absolute atomic E-state index is 13.4. The third-order valence-corrected chi connectivity index (χ3v) is 5.64. The minimum Gasteiger partial charge on any atom is -0.375 e. The summed E-state index contributed by atoms with van der Waals surface area (Å²) in [5, 5.41) is 5.88. The molecule has 35 heavy (non-hydrogen) atoms. The highest BCUT2D eigenvalue weighted by molar-refractivity contribution is 6.07. The Hall–Kier alpha value is -4.04. The van der Waals surface area contributed by atoms with E-state index < -0.39 is 0 Å². The summed E-state index contributed by atoms with van der Waals surface area (Å²) in [5.41, 5.74) is 4.57. The van der Waals surface area contributed by atoms with Crippen molar-refractivity contribution < 1.29 is 14.3 Å². The van der Waals surface area contributed by atoms with Crippen LogP contribution in [0.2, 0.25) is 0 Å². The number of aryl methyl sites for hydroxylation is 2. The van der Waals surface area contributed by atoms with Crippen LogP contribution in [0.3, 0.4) is 0 Å². The number of pyridine rings is 1. The lowest BCUT2D eigenvalue weighted by Crippen LogP contribution is -2.34. The van der Waals surface area contributed by atoms with Gasteiger partial charge >= 0.3 is 0 Å². The summed E-state index contributed by atoms with van der Waals surface area (Å²) in [4.78, 5) is 34.2. The summed E-state index contributed by atoms with van der Waals surface area (Å²) in [6, 6.07) is 17.4. The number of aromatic nitrogens is 3. The summed E-state index contributed by atoms with van der Waals surface area (Å²) < 4.78 is 6.90. The predicted octanol–water partition coefficient (Wildman–Crippen LogP) is 3.62. The van der Waals surface area contributed by atoms with Crippen LogP contribution in [0.1, 0.15) is 28.4 Å². The van der Waals surface area contributed by atoms with E-state index in [1.54, 1.807) is 30.9 Å². The molecule has 0 bridgehead atoms. The molecule has 2 aromatic carbocycles. The number of hydrogen-bond donors (Lipinski definition) is 2. The molecule has 1 atom stereocenters. The van der Waals surface area contributed by atoms with Gasteiger partial charge in [-0.05, 0) is 49.1 Å². The van der Waals surface area contributed by atoms with Crippen molar-refractivity contribution in [3.63, 3.8) is 0 Å². The molecule has 0 aliphatic heterocycles. The van der Waals surface area contributed by atoms with Crippen molar-refractivity contribution in [1.29, 1.82) is 0 Å². The Bertz CT molecular complexity index is 1290. The Morgan fingerprint density at radius 2 is 1.89 bits per heavy atom. The molecule has 8 heteroatoms. The Morgan fingerprint density at radius 3 is 2.63 bits per heavy atom. The van der Waals surface area contributed by atoms with Crippen molar-refractivity contribution >= 4 is 28.5 Å². The van der Waals surface area contributed by atoms with Crippen LogP contribution in [0.15, 0.2) is 73.3 Å². The van der Waals surface area contributed by atoms with Gasteiger partial charge in [0.25, 0.3) is 5.91 Å². The van der Waals surface area contributed by atoms with E-state index >= 15 is 0 Å². The minimum atomic E-state index is -0.299.